The molecule has 0 bridgehead atoms. The van der Waals surface area contributed by atoms with Gasteiger partial charge >= 0.3 is 12.1 Å². The van der Waals surface area contributed by atoms with Gasteiger partial charge < -0.3 is 19.5 Å². The Kier molecular flexibility index (Phi) is 3.01. The Bertz CT molecular complexity index is 367. The first-order chi connectivity index (χ1) is 8.23. The van der Waals surface area contributed by atoms with E-state index in [4.69, 9.17) is 14.6 Å². The Morgan fingerprint density at radius 1 is 1.39 bits per heavy atom. The van der Waals surface area contributed by atoms with Crippen LogP contribution in [0.4, 0.5) is 4.79 Å². The molecule has 2 rings (SSSR count). The van der Waals surface area contributed by atoms with Crippen molar-refractivity contribution in [3.8, 4) is 0 Å². The monoisotopic (exact) mass is 257 g/mol. The van der Waals surface area contributed by atoms with Gasteiger partial charge in [-0.25, -0.2) is 4.79 Å². The quantitative estimate of drug-likeness (QED) is 0.761. The molecule has 2 heterocycles. The van der Waals surface area contributed by atoms with Crippen molar-refractivity contribution in [2.75, 3.05) is 19.7 Å². The fourth-order valence-electron chi connectivity index (χ4n) is 2.46. The third-order valence-electron chi connectivity index (χ3n) is 3.30. The van der Waals surface area contributed by atoms with Crippen LogP contribution < -0.4 is 0 Å². The average Bonchev–Trinajstić information content (AvgIpc) is 2.55. The number of rotatable bonds is 1. The number of likely N-dealkylation sites (tertiary alicyclic amines) is 1. The molecule has 6 heteroatoms. The summed E-state index contributed by atoms with van der Waals surface area (Å²) in [7, 11) is 0. The molecule has 0 aromatic carbocycles. The second-order valence-corrected chi connectivity index (χ2v) is 5.93. The predicted molar refractivity (Wildman–Crippen MR) is 62.2 cm³/mol. The van der Waals surface area contributed by atoms with Crippen molar-refractivity contribution in [3.63, 3.8) is 0 Å². The van der Waals surface area contributed by atoms with E-state index in [1.54, 1.807) is 20.8 Å². The van der Waals surface area contributed by atoms with Gasteiger partial charge in [-0.3, -0.25) is 4.79 Å². The number of hydrogen-bond donors (Lipinski definition) is 1. The lowest BCUT2D eigenvalue weighted by Gasteiger charge is -2.48. The number of carboxylic acids is 1. The number of carboxylic acid groups (broad SMARTS) is 1. The van der Waals surface area contributed by atoms with E-state index in [-0.39, 0.29) is 0 Å². The van der Waals surface area contributed by atoms with Crippen LogP contribution in [0, 0.1) is 5.92 Å². The van der Waals surface area contributed by atoms with Gasteiger partial charge in [0, 0.05) is 6.61 Å². The standard InChI is InChI=1S/C12H19NO5/c1-11(2,3)18-10(16)13-6-12(7-13)8(9(14)15)4-5-17-12/h8H,4-7H2,1-3H3,(H,14,15)/t8-/m1/s1. The molecule has 2 aliphatic heterocycles. The Labute approximate surface area is 106 Å². The third-order valence-corrected chi connectivity index (χ3v) is 3.30. The zero-order chi connectivity index (χ0) is 13.6. The first-order valence-corrected chi connectivity index (χ1v) is 6.08. The Morgan fingerprint density at radius 2 is 2.00 bits per heavy atom. The summed E-state index contributed by atoms with van der Waals surface area (Å²) in [6.45, 7) is 6.45. The topological polar surface area (TPSA) is 76.1 Å². The van der Waals surface area contributed by atoms with E-state index in [1.807, 2.05) is 0 Å². The smallest absolute Gasteiger partial charge is 0.410 e. The summed E-state index contributed by atoms with van der Waals surface area (Å²) >= 11 is 0. The number of nitrogens with zero attached hydrogens (tertiary/aromatic N) is 1. The van der Waals surface area contributed by atoms with Gasteiger partial charge in [-0.2, -0.15) is 0 Å². The average molecular weight is 257 g/mol. The van der Waals surface area contributed by atoms with E-state index in [0.717, 1.165) is 0 Å². The van der Waals surface area contributed by atoms with Crippen molar-refractivity contribution >= 4 is 12.1 Å². The molecular formula is C12H19NO5. The summed E-state index contributed by atoms with van der Waals surface area (Å²) in [6, 6.07) is 0. The maximum atomic E-state index is 11.8. The molecule has 0 radical (unpaired) electrons. The van der Waals surface area contributed by atoms with Crippen LogP contribution >= 0.6 is 0 Å². The van der Waals surface area contributed by atoms with E-state index in [1.165, 1.54) is 4.90 Å². The number of carbonyl (C=O) groups is 2. The summed E-state index contributed by atoms with van der Waals surface area (Å²) in [4.78, 5) is 24.4. The molecule has 0 aromatic rings. The third kappa shape index (κ3) is 2.29. The van der Waals surface area contributed by atoms with Crippen LogP contribution in [0.3, 0.4) is 0 Å². The van der Waals surface area contributed by atoms with Gasteiger partial charge in [-0.1, -0.05) is 0 Å². The highest BCUT2D eigenvalue weighted by molar-refractivity contribution is 5.75. The summed E-state index contributed by atoms with van der Waals surface area (Å²) < 4.78 is 10.8. The molecule has 1 amide bonds. The van der Waals surface area contributed by atoms with Crippen molar-refractivity contribution in [3.05, 3.63) is 0 Å². The van der Waals surface area contributed by atoms with Crippen LogP contribution in [0.5, 0.6) is 0 Å². The van der Waals surface area contributed by atoms with Crippen LogP contribution in [-0.2, 0) is 14.3 Å². The minimum Gasteiger partial charge on any atom is -0.481 e. The minimum atomic E-state index is -0.851. The summed E-state index contributed by atoms with van der Waals surface area (Å²) in [5.74, 6) is -1.37. The zero-order valence-corrected chi connectivity index (χ0v) is 10.9. The summed E-state index contributed by atoms with van der Waals surface area (Å²) in [6.07, 6.45) is 0.102. The molecule has 2 fully saturated rings. The van der Waals surface area contributed by atoms with Crippen LogP contribution in [0.15, 0.2) is 0 Å². The van der Waals surface area contributed by atoms with E-state index in [9.17, 15) is 9.59 Å². The van der Waals surface area contributed by atoms with E-state index in [2.05, 4.69) is 0 Å². The van der Waals surface area contributed by atoms with Gasteiger partial charge in [0.25, 0.3) is 0 Å². The number of amides is 1. The lowest BCUT2D eigenvalue weighted by molar-refractivity contribution is -0.163. The molecule has 1 spiro atoms. The first kappa shape index (κ1) is 13.1. The van der Waals surface area contributed by atoms with Gasteiger partial charge in [0.15, 0.2) is 0 Å². The highest BCUT2D eigenvalue weighted by Crippen LogP contribution is 2.40. The highest BCUT2D eigenvalue weighted by Gasteiger charge is 2.58. The Hall–Kier alpha value is -1.30. The van der Waals surface area contributed by atoms with Gasteiger partial charge in [0.05, 0.1) is 19.0 Å². The van der Waals surface area contributed by atoms with Crippen molar-refractivity contribution in [2.45, 2.75) is 38.4 Å². The molecule has 0 aliphatic carbocycles. The number of hydrogen-bond acceptors (Lipinski definition) is 4. The Morgan fingerprint density at radius 3 is 2.50 bits per heavy atom. The molecule has 1 N–H and O–H groups in total. The fourth-order valence-corrected chi connectivity index (χ4v) is 2.46. The van der Waals surface area contributed by atoms with E-state index < -0.39 is 29.2 Å². The maximum Gasteiger partial charge on any atom is 0.410 e. The zero-order valence-electron chi connectivity index (χ0n) is 10.9. The highest BCUT2D eigenvalue weighted by atomic mass is 16.6. The van der Waals surface area contributed by atoms with Gasteiger partial charge in [0.2, 0.25) is 0 Å². The van der Waals surface area contributed by atoms with Crippen molar-refractivity contribution in [2.24, 2.45) is 5.92 Å². The van der Waals surface area contributed by atoms with Crippen LogP contribution in [0.25, 0.3) is 0 Å². The van der Waals surface area contributed by atoms with Gasteiger partial charge in [0.1, 0.15) is 11.2 Å². The van der Waals surface area contributed by atoms with Crippen LogP contribution in [0.2, 0.25) is 0 Å². The molecule has 0 saturated carbocycles. The van der Waals surface area contributed by atoms with E-state index in [0.29, 0.717) is 26.1 Å². The molecular weight excluding hydrogens is 238 g/mol. The molecule has 2 aliphatic rings. The van der Waals surface area contributed by atoms with Crippen molar-refractivity contribution in [1.82, 2.24) is 4.90 Å². The van der Waals surface area contributed by atoms with Crippen LogP contribution in [-0.4, -0.2) is 53.0 Å². The van der Waals surface area contributed by atoms with Gasteiger partial charge in [-0.05, 0) is 27.2 Å². The molecule has 102 valence electrons. The summed E-state index contributed by atoms with van der Waals surface area (Å²) in [5.41, 5.74) is -1.23. The molecule has 0 aromatic heterocycles. The number of aliphatic carboxylic acids is 1. The van der Waals surface area contributed by atoms with Crippen molar-refractivity contribution < 1.29 is 24.2 Å². The Balaban J connectivity index is 1.93. The maximum absolute atomic E-state index is 11.8. The van der Waals surface area contributed by atoms with Gasteiger partial charge in [-0.15, -0.1) is 0 Å². The number of carbonyl (C=O) groups excluding carboxylic acids is 1. The lowest BCUT2D eigenvalue weighted by atomic mass is 9.81. The largest absolute Gasteiger partial charge is 0.481 e. The molecule has 1 atom stereocenters. The molecule has 0 unspecified atom stereocenters. The summed E-state index contributed by atoms with van der Waals surface area (Å²) in [5, 5.41) is 9.11. The number of ether oxygens (including phenoxy) is 2. The lowest BCUT2D eigenvalue weighted by Crippen LogP contribution is -2.67. The molecule has 2 saturated heterocycles. The molecule has 6 nitrogen and oxygen atoms in total. The van der Waals surface area contributed by atoms with Crippen LogP contribution in [0.1, 0.15) is 27.2 Å². The minimum absolute atomic E-state index is 0.304. The predicted octanol–water partition coefficient (Wildman–Crippen LogP) is 1.10. The second-order valence-electron chi connectivity index (χ2n) is 5.93. The normalized spacial score (nSPS) is 25.9. The van der Waals surface area contributed by atoms with E-state index >= 15 is 0 Å². The SMILES string of the molecule is CC(C)(C)OC(=O)N1CC2(C1)OCC[C@@H]2C(=O)O. The van der Waals surface area contributed by atoms with Crippen molar-refractivity contribution in [1.29, 1.82) is 0 Å². The first-order valence-electron chi connectivity index (χ1n) is 6.08. The molecule has 18 heavy (non-hydrogen) atoms. The second kappa shape index (κ2) is 4.12. The fraction of sp³-hybridized carbons (Fsp3) is 0.833.